The molecule has 1 aromatic carbocycles. The molecule has 0 saturated carbocycles. The molecule has 4 heteroatoms. The van der Waals surface area contributed by atoms with Crippen LogP contribution in [-0.4, -0.2) is 21.6 Å². The van der Waals surface area contributed by atoms with Crippen LogP contribution < -0.4 is 4.74 Å². The minimum atomic E-state index is -0.358. The molecule has 0 spiro atoms. The van der Waals surface area contributed by atoms with Crippen molar-refractivity contribution in [3.8, 4) is 11.5 Å². The van der Waals surface area contributed by atoms with Gasteiger partial charge in [-0.25, -0.2) is 0 Å². The lowest BCUT2D eigenvalue weighted by Gasteiger charge is -2.38. The van der Waals surface area contributed by atoms with E-state index in [-0.39, 0.29) is 11.4 Å². The molecule has 1 unspecified atom stereocenters. The first-order chi connectivity index (χ1) is 10.8. The molecule has 4 nitrogen and oxygen atoms in total. The van der Waals surface area contributed by atoms with E-state index in [9.17, 15) is 10.3 Å². The highest BCUT2D eigenvalue weighted by molar-refractivity contribution is 6.06. The van der Waals surface area contributed by atoms with Gasteiger partial charge in [-0.3, -0.25) is 0 Å². The Morgan fingerprint density at radius 3 is 2.39 bits per heavy atom. The molecule has 0 saturated heterocycles. The summed E-state index contributed by atoms with van der Waals surface area (Å²) in [4.78, 5) is 0. The standard InChI is InChI=1S/C19H29NO3/c1-6-7-8-9-10-19(5)11-15(20-22)16-14(4)17(21)12(2)13(3)18(16)23-19/h21-22H,6-11H2,1-5H3/b20-15+. The van der Waals surface area contributed by atoms with E-state index in [2.05, 4.69) is 19.0 Å². The van der Waals surface area contributed by atoms with Gasteiger partial charge in [0, 0.05) is 17.5 Å². The molecule has 0 radical (unpaired) electrons. The summed E-state index contributed by atoms with van der Waals surface area (Å²) in [5.41, 5.74) is 3.48. The molecule has 1 heterocycles. The maximum absolute atomic E-state index is 10.3. The Bertz CT molecular complexity index is 622. The van der Waals surface area contributed by atoms with Gasteiger partial charge < -0.3 is 15.1 Å². The molecule has 1 aliphatic heterocycles. The van der Waals surface area contributed by atoms with Crippen molar-refractivity contribution in [1.82, 2.24) is 0 Å². The Labute approximate surface area is 139 Å². The highest BCUT2D eigenvalue weighted by Crippen LogP contribution is 2.44. The second-order valence-electron chi connectivity index (χ2n) is 7.01. The third-order valence-electron chi connectivity index (χ3n) is 5.07. The van der Waals surface area contributed by atoms with Crippen molar-refractivity contribution in [1.29, 1.82) is 0 Å². The number of aromatic hydroxyl groups is 1. The molecule has 0 bridgehead atoms. The van der Waals surface area contributed by atoms with E-state index in [1.807, 2.05) is 20.8 Å². The van der Waals surface area contributed by atoms with Gasteiger partial charge in [0.2, 0.25) is 0 Å². The van der Waals surface area contributed by atoms with Crippen LogP contribution in [0.15, 0.2) is 5.16 Å². The Hall–Kier alpha value is -1.71. The van der Waals surface area contributed by atoms with Crippen molar-refractivity contribution in [2.75, 3.05) is 0 Å². The monoisotopic (exact) mass is 319 g/mol. The number of hydrogen-bond donors (Lipinski definition) is 2. The molecule has 0 aliphatic carbocycles. The largest absolute Gasteiger partial charge is 0.507 e. The van der Waals surface area contributed by atoms with Crippen LogP contribution in [0.3, 0.4) is 0 Å². The Balaban J connectivity index is 2.39. The number of rotatable bonds is 5. The Kier molecular flexibility index (Phi) is 5.23. The van der Waals surface area contributed by atoms with E-state index in [4.69, 9.17) is 4.74 Å². The van der Waals surface area contributed by atoms with Crippen LogP contribution in [0.2, 0.25) is 0 Å². The molecule has 0 fully saturated rings. The number of fused-ring (bicyclic) bond motifs is 1. The zero-order valence-electron chi connectivity index (χ0n) is 15.0. The maximum Gasteiger partial charge on any atom is 0.133 e. The summed E-state index contributed by atoms with van der Waals surface area (Å²) in [5, 5.41) is 23.3. The van der Waals surface area contributed by atoms with Crippen molar-refractivity contribution in [3.05, 3.63) is 22.3 Å². The highest BCUT2D eigenvalue weighted by Gasteiger charge is 2.38. The number of ether oxygens (including phenoxy) is 1. The van der Waals surface area contributed by atoms with Gasteiger partial charge in [-0.2, -0.15) is 0 Å². The second kappa shape index (κ2) is 6.81. The average Bonchev–Trinajstić information content (AvgIpc) is 2.54. The molecule has 2 N–H and O–H groups in total. The lowest BCUT2D eigenvalue weighted by molar-refractivity contribution is 0.0753. The van der Waals surface area contributed by atoms with E-state index in [1.165, 1.54) is 19.3 Å². The Morgan fingerprint density at radius 2 is 1.78 bits per heavy atom. The number of phenols is 1. The zero-order chi connectivity index (χ0) is 17.2. The summed E-state index contributed by atoms with van der Waals surface area (Å²) in [7, 11) is 0. The van der Waals surface area contributed by atoms with Crippen molar-refractivity contribution in [3.63, 3.8) is 0 Å². The molecular formula is C19H29NO3. The van der Waals surface area contributed by atoms with Crippen LogP contribution in [0.25, 0.3) is 0 Å². The molecule has 23 heavy (non-hydrogen) atoms. The van der Waals surface area contributed by atoms with Crippen LogP contribution in [0, 0.1) is 20.8 Å². The second-order valence-corrected chi connectivity index (χ2v) is 7.01. The molecule has 0 amide bonds. The minimum Gasteiger partial charge on any atom is -0.507 e. The summed E-state index contributed by atoms with van der Waals surface area (Å²) in [5.74, 6) is 1.02. The van der Waals surface area contributed by atoms with Crippen molar-refractivity contribution in [2.45, 2.75) is 78.7 Å². The van der Waals surface area contributed by atoms with Gasteiger partial charge in [0.1, 0.15) is 17.1 Å². The van der Waals surface area contributed by atoms with Crippen molar-refractivity contribution in [2.24, 2.45) is 5.16 Å². The molecule has 1 aromatic rings. The van der Waals surface area contributed by atoms with Crippen molar-refractivity contribution >= 4 is 5.71 Å². The first-order valence-electron chi connectivity index (χ1n) is 8.57. The third-order valence-corrected chi connectivity index (χ3v) is 5.07. The lowest BCUT2D eigenvalue weighted by Crippen LogP contribution is -2.40. The van der Waals surface area contributed by atoms with Gasteiger partial charge in [0.05, 0.1) is 5.71 Å². The summed E-state index contributed by atoms with van der Waals surface area (Å²) < 4.78 is 6.38. The van der Waals surface area contributed by atoms with E-state index in [0.29, 0.717) is 12.1 Å². The summed E-state index contributed by atoms with van der Waals surface area (Å²) in [6.45, 7) is 9.98. The first-order valence-corrected chi connectivity index (χ1v) is 8.57. The van der Waals surface area contributed by atoms with E-state index >= 15 is 0 Å². The van der Waals surface area contributed by atoms with Crippen LogP contribution in [-0.2, 0) is 0 Å². The van der Waals surface area contributed by atoms with Gasteiger partial charge in [-0.1, -0.05) is 31.3 Å². The highest BCUT2D eigenvalue weighted by atomic mass is 16.5. The topological polar surface area (TPSA) is 62.1 Å². The first kappa shape index (κ1) is 17.6. The number of nitrogens with zero attached hydrogens (tertiary/aromatic N) is 1. The molecule has 128 valence electrons. The van der Waals surface area contributed by atoms with Gasteiger partial charge in [0.25, 0.3) is 0 Å². The van der Waals surface area contributed by atoms with E-state index < -0.39 is 0 Å². The maximum atomic E-state index is 10.3. The van der Waals surface area contributed by atoms with Crippen LogP contribution in [0.5, 0.6) is 11.5 Å². The fourth-order valence-corrected chi connectivity index (χ4v) is 3.46. The van der Waals surface area contributed by atoms with Gasteiger partial charge in [-0.05, 0) is 51.7 Å². The number of oxime groups is 1. The molecule has 2 rings (SSSR count). The third kappa shape index (κ3) is 3.31. The van der Waals surface area contributed by atoms with Crippen LogP contribution in [0.1, 0.15) is 74.6 Å². The van der Waals surface area contributed by atoms with Crippen molar-refractivity contribution < 1.29 is 15.1 Å². The summed E-state index contributed by atoms with van der Waals surface area (Å²) in [6, 6.07) is 0. The predicted molar refractivity (Wildman–Crippen MR) is 93.1 cm³/mol. The number of benzene rings is 1. The Morgan fingerprint density at radius 1 is 1.09 bits per heavy atom. The average molecular weight is 319 g/mol. The SMILES string of the molecule is CCCCCCC1(C)C/C(=N\O)c2c(C)c(O)c(C)c(C)c2O1. The quantitative estimate of drug-likeness (QED) is 0.456. The van der Waals surface area contributed by atoms with Crippen LogP contribution >= 0.6 is 0 Å². The van der Waals surface area contributed by atoms with E-state index in [0.717, 1.165) is 40.8 Å². The fraction of sp³-hybridized carbons (Fsp3) is 0.632. The lowest BCUT2D eigenvalue weighted by atomic mass is 9.83. The van der Waals surface area contributed by atoms with Gasteiger partial charge >= 0.3 is 0 Å². The molecular weight excluding hydrogens is 290 g/mol. The van der Waals surface area contributed by atoms with E-state index in [1.54, 1.807) is 0 Å². The predicted octanol–water partition coefficient (Wildman–Crippen LogP) is 5.01. The summed E-state index contributed by atoms with van der Waals surface area (Å²) >= 11 is 0. The van der Waals surface area contributed by atoms with Gasteiger partial charge in [0.15, 0.2) is 0 Å². The molecule has 1 atom stereocenters. The smallest absolute Gasteiger partial charge is 0.133 e. The number of phenolic OH excluding ortho intramolecular Hbond substituents is 1. The number of hydrogen-bond acceptors (Lipinski definition) is 4. The fourth-order valence-electron chi connectivity index (χ4n) is 3.46. The van der Waals surface area contributed by atoms with Gasteiger partial charge in [-0.15, -0.1) is 0 Å². The normalized spacial score (nSPS) is 22.0. The molecule has 1 aliphatic rings. The van der Waals surface area contributed by atoms with Crippen LogP contribution in [0.4, 0.5) is 0 Å². The zero-order valence-corrected chi connectivity index (χ0v) is 15.0. The minimum absolute atomic E-state index is 0.262. The summed E-state index contributed by atoms with van der Waals surface area (Å²) in [6.07, 6.45) is 6.24. The molecule has 0 aromatic heterocycles. The number of unbranched alkanes of at least 4 members (excludes halogenated alkanes) is 3.